The molecule has 140 valence electrons. The molecule has 0 spiro atoms. The van der Waals surface area contributed by atoms with E-state index in [4.69, 9.17) is 10.1 Å². The standard InChI is InChI=1S/C22H20FN5/c1-13-6-9-15(10-7-13)20-26-22-25-19-5-3-4-17(19)21(28(22)27-20)24-16-11-8-14(2)18(23)12-16/h6-12,24H,3-5H2,1-2H3. The molecular weight excluding hydrogens is 353 g/mol. The lowest BCUT2D eigenvalue weighted by molar-refractivity contribution is 0.619. The molecule has 0 saturated heterocycles. The van der Waals surface area contributed by atoms with Gasteiger partial charge in [0.05, 0.1) is 5.69 Å². The number of nitrogens with one attached hydrogen (secondary N) is 1. The van der Waals surface area contributed by atoms with Crippen molar-refractivity contribution in [2.75, 3.05) is 5.32 Å². The number of benzene rings is 2. The number of hydrogen-bond acceptors (Lipinski definition) is 4. The Morgan fingerprint density at radius 3 is 2.61 bits per heavy atom. The van der Waals surface area contributed by atoms with Crippen LogP contribution in [0.25, 0.3) is 17.2 Å². The molecule has 0 unspecified atom stereocenters. The van der Waals surface area contributed by atoms with Gasteiger partial charge in [0.25, 0.3) is 5.78 Å². The molecule has 1 N–H and O–H groups in total. The summed E-state index contributed by atoms with van der Waals surface area (Å²) in [5.41, 5.74) is 5.63. The maximum Gasteiger partial charge on any atom is 0.254 e. The Hall–Kier alpha value is -3.28. The van der Waals surface area contributed by atoms with Crippen LogP contribution in [0.3, 0.4) is 0 Å². The van der Waals surface area contributed by atoms with E-state index < -0.39 is 0 Å². The third-order valence-electron chi connectivity index (χ3n) is 5.26. The molecule has 0 saturated carbocycles. The highest BCUT2D eigenvalue weighted by Gasteiger charge is 2.22. The summed E-state index contributed by atoms with van der Waals surface area (Å²) in [6.07, 6.45) is 2.90. The number of nitrogens with zero attached hydrogens (tertiary/aromatic N) is 4. The summed E-state index contributed by atoms with van der Waals surface area (Å²) < 4.78 is 15.8. The minimum atomic E-state index is -0.231. The molecule has 4 aromatic rings. The Bertz CT molecular complexity index is 1190. The first-order chi connectivity index (χ1) is 13.6. The largest absolute Gasteiger partial charge is 0.340 e. The zero-order valence-electron chi connectivity index (χ0n) is 15.8. The van der Waals surface area contributed by atoms with Crippen molar-refractivity contribution in [2.45, 2.75) is 33.1 Å². The number of aryl methyl sites for hydroxylation is 3. The number of halogens is 1. The van der Waals surface area contributed by atoms with Crippen LogP contribution in [0.2, 0.25) is 0 Å². The van der Waals surface area contributed by atoms with Crippen LogP contribution < -0.4 is 5.32 Å². The fraction of sp³-hybridized carbons (Fsp3) is 0.227. The van der Waals surface area contributed by atoms with Crippen molar-refractivity contribution in [3.8, 4) is 11.4 Å². The van der Waals surface area contributed by atoms with Gasteiger partial charge in [0.15, 0.2) is 5.82 Å². The fourth-order valence-corrected chi connectivity index (χ4v) is 3.64. The van der Waals surface area contributed by atoms with Crippen LogP contribution in [0, 0.1) is 19.7 Å². The maximum absolute atomic E-state index is 14.0. The first-order valence-electron chi connectivity index (χ1n) is 9.47. The van der Waals surface area contributed by atoms with Crippen LogP contribution in [0.4, 0.5) is 15.9 Å². The van der Waals surface area contributed by atoms with Gasteiger partial charge < -0.3 is 5.32 Å². The Labute approximate surface area is 162 Å². The molecule has 0 atom stereocenters. The van der Waals surface area contributed by atoms with Crippen molar-refractivity contribution < 1.29 is 4.39 Å². The quantitative estimate of drug-likeness (QED) is 0.561. The van der Waals surface area contributed by atoms with Gasteiger partial charge in [-0.05, 0) is 50.8 Å². The van der Waals surface area contributed by atoms with Gasteiger partial charge in [-0.25, -0.2) is 9.37 Å². The SMILES string of the molecule is Cc1ccc(-c2nc3nc4c(c(Nc5ccc(C)c(F)c5)n3n2)CCC4)cc1. The molecule has 5 rings (SSSR count). The average molecular weight is 373 g/mol. The van der Waals surface area contributed by atoms with E-state index in [0.717, 1.165) is 41.9 Å². The molecule has 6 heteroatoms. The van der Waals surface area contributed by atoms with E-state index in [2.05, 4.69) is 17.2 Å². The highest BCUT2D eigenvalue weighted by molar-refractivity contribution is 5.66. The van der Waals surface area contributed by atoms with Crippen molar-refractivity contribution >= 4 is 17.3 Å². The van der Waals surface area contributed by atoms with Crippen LogP contribution >= 0.6 is 0 Å². The zero-order valence-corrected chi connectivity index (χ0v) is 15.8. The molecule has 2 heterocycles. The van der Waals surface area contributed by atoms with E-state index >= 15 is 0 Å². The van der Waals surface area contributed by atoms with Crippen molar-refractivity contribution in [2.24, 2.45) is 0 Å². The number of aromatic nitrogens is 4. The molecule has 0 radical (unpaired) electrons. The van der Waals surface area contributed by atoms with Gasteiger partial charge in [0.2, 0.25) is 0 Å². The number of hydrogen-bond donors (Lipinski definition) is 1. The summed E-state index contributed by atoms with van der Waals surface area (Å²) in [7, 11) is 0. The molecule has 0 fully saturated rings. The molecule has 1 aliphatic carbocycles. The summed E-state index contributed by atoms with van der Waals surface area (Å²) in [6, 6.07) is 13.3. The van der Waals surface area contributed by atoms with Crippen molar-refractivity contribution in [1.29, 1.82) is 0 Å². The Balaban J connectivity index is 1.65. The van der Waals surface area contributed by atoms with Crippen LogP contribution in [0.1, 0.15) is 28.8 Å². The molecule has 5 nitrogen and oxygen atoms in total. The van der Waals surface area contributed by atoms with E-state index in [0.29, 0.717) is 22.9 Å². The Morgan fingerprint density at radius 1 is 1.00 bits per heavy atom. The van der Waals surface area contributed by atoms with Gasteiger partial charge in [-0.2, -0.15) is 9.50 Å². The molecule has 28 heavy (non-hydrogen) atoms. The third-order valence-corrected chi connectivity index (χ3v) is 5.26. The van der Waals surface area contributed by atoms with Crippen LogP contribution in [-0.2, 0) is 12.8 Å². The van der Waals surface area contributed by atoms with Gasteiger partial charge in [-0.3, -0.25) is 0 Å². The van der Waals surface area contributed by atoms with Crippen molar-refractivity contribution in [3.05, 3.63) is 70.7 Å². The summed E-state index contributed by atoms with van der Waals surface area (Å²) in [6.45, 7) is 3.81. The zero-order chi connectivity index (χ0) is 19.3. The van der Waals surface area contributed by atoms with Gasteiger partial charge in [0.1, 0.15) is 11.6 Å². The van der Waals surface area contributed by atoms with Crippen LogP contribution in [0.15, 0.2) is 42.5 Å². The monoisotopic (exact) mass is 373 g/mol. The molecule has 0 amide bonds. The van der Waals surface area contributed by atoms with Crippen molar-refractivity contribution in [3.63, 3.8) is 0 Å². The van der Waals surface area contributed by atoms with Gasteiger partial charge >= 0.3 is 0 Å². The second-order valence-corrected chi connectivity index (χ2v) is 7.34. The number of anilines is 2. The topological polar surface area (TPSA) is 55.1 Å². The van der Waals surface area contributed by atoms with E-state index in [1.807, 2.05) is 30.3 Å². The highest BCUT2D eigenvalue weighted by Crippen LogP contribution is 2.31. The van der Waals surface area contributed by atoms with Gasteiger partial charge in [-0.15, -0.1) is 5.10 Å². The molecular formula is C22H20FN5. The molecule has 2 aromatic carbocycles. The normalized spacial score (nSPS) is 13.1. The smallest absolute Gasteiger partial charge is 0.254 e. The lowest BCUT2D eigenvalue weighted by atomic mass is 10.1. The fourth-order valence-electron chi connectivity index (χ4n) is 3.64. The summed E-state index contributed by atoms with van der Waals surface area (Å²) >= 11 is 0. The lowest BCUT2D eigenvalue weighted by Crippen LogP contribution is -2.07. The van der Waals surface area contributed by atoms with Gasteiger partial charge in [-0.1, -0.05) is 35.9 Å². The molecule has 1 aliphatic rings. The maximum atomic E-state index is 14.0. The minimum absolute atomic E-state index is 0.231. The third kappa shape index (κ3) is 2.81. The van der Waals surface area contributed by atoms with Crippen LogP contribution in [-0.4, -0.2) is 19.6 Å². The van der Waals surface area contributed by atoms with E-state index in [1.165, 1.54) is 11.6 Å². The van der Waals surface area contributed by atoms with E-state index in [-0.39, 0.29) is 5.82 Å². The number of fused-ring (bicyclic) bond motifs is 2. The highest BCUT2D eigenvalue weighted by atomic mass is 19.1. The number of rotatable bonds is 3. The lowest BCUT2D eigenvalue weighted by Gasteiger charge is -2.13. The summed E-state index contributed by atoms with van der Waals surface area (Å²) in [4.78, 5) is 9.38. The Kier molecular flexibility index (Phi) is 3.86. The average Bonchev–Trinajstić information content (AvgIpc) is 3.32. The summed E-state index contributed by atoms with van der Waals surface area (Å²) in [5.74, 6) is 1.79. The second-order valence-electron chi connectivity index (χ2n) is 7.34. The summed E-state index contributed by atoms with van der Waals surface area (Å²) in [5, 5.41) is 8.08. The molecule has 0 bridgehead atoms. The first kappa shape index (κ1) is 16.9. The minimum Gasteiger partial charge on any atom is -0.340 e. The van der Waals surface area contributed by atoms with Crippen LogP contribution in [0.5, 0.6) is 0 Å². The predicted molar refractivity (Wildman–Crippen MR) is 107 cm³/mol. The first-order valence-corrected chi connectivity index (χ1v) is 9.47. The predicted octanol–water partition coefficient (Wildman–Crippen LogP) is 4.78. The molecule has 0 aliphatic heterocycles. The second kappa shape index (κ2) is 6.41. The van der Waals surface area contributed by atoms with E-state index in [1.54, 1.807) is 17.5 Å². The van der Waals surface area contributed by atoms with Crippen molar-refractivity contribution in [1.82, 2.24) is 19.6 Å². The van der Waals surface area contributed by atoms with Gasteiger partial charge in [0, 0.05) is 16.8 Å². The molecule has 2 aromatic heterocycles. The Morgan fingerprint density at radius 2 is 1.82 bits per heavy atom. The van der Waals surface area contributed by atoms with E-state index in [9.17, 15) is 4.39 Å².